The quantitative estimate of drug-likeness (QED) is 0.820. The van der Waals surface area contributed by atoms with Gasteiger partial charge in [0.05, 0.1) is 22.4 Å². The van der Waals surface area contributed by atoms with E-state index >= 15 is 0 Å². The highest BCUT2D eigenvalue weighted by Gasteiger charge is 2.22. The van der Waals surface area contributed by atoms with Crippen LogP contribution in [0.15, 0.2) is 33.6 Å². The molecule has 0 spiro atoms. The number of rotatable bonds is 5. The summed E-state index contributed by atoms with van der Waals surface area (Å²) in [5, 5.41) is 7.98. The molecule has 20 heavy (non-hydrogen) atoms. The monoisotopic (exact) mass is 400 g/mol. The molecular weight excluding hydrogens is 384 g/mol. The minimum absolute atomic E-state index is 0.0595. The zero-order valence-electron chi connectivity index (χ0n) is 11.8. The first-order valence-corrected chi connectivity index (χ1v) is 8.20. The second-order valence-corrected chi connectivity index (χ2v) is 6.61. The van der Waals surface area contributed by atoms with Gasteiger partial charge in [0, 0.05) is 22.9 Å². The molecule has 0 aliphatic carbocycles. The van der Waals surface area contributed by atoms with E-state index in [9.17, 15) is 0 Å². The fraction of sp³-hybridized carbons (Fsp3) is 0.429. The van der Waals surface area contributed by atoms with Crippen LogP contribution < -0.4 is 5.32 Å². The van der Waals surface area contributed by atoms with Gasteiger partial charge in [0.15, 0.2) is 0 Å². The van der Waals surface area contributed by atoms with Gasteiger partial charge >= 0.3 is 0 Å². The Morgan fingerprint density at radius 2 is 2.00 bits per heavy atom. The molecule has 0 saturated carbocycles. The average molecular weight is 402 g/mol. The van der Waals surface area contributed by atoms with Crippen LogP contribution in [-0.4, -0.2) is 21.3 Å². The zero-order chi connectivity index (χ0) is 14.7. The largest absolute Gasteiger partial charge is 0.305 e. The molecular formula is C14H18Br2N4. The third-order valence-corrected chi connectivity index (χ3v) is 4.06. The molecule has 0 amide bonds. The fourth-order valence-electron chi connectivity index (χ4n) is 2.20. The number of aromatic nitrogens is 3. The molecule has 1 atom stereocenters. The molecule has 1 unspecified atom stereocenters. The zero-order valence-corrected chi connectivity index (χ0v) is 14.9. The van der Waals surface area contributed by atoms with Crippen molar-refractivity contribution >= 4 is 31.9 Å². The number of hydrogen-bond acceptors (Lipinski definition) is 3. The van der Waals surface area contributed by atoms with Gasteiger partial charge in [-0.05, 0) is 63.9 Å². The van der Waals surface area contributed by atoms with Crippen LogP contribution in [0, 0.1) is 0 Å². The molecule has 0 aliphatic heterocycles. The van der Waals surface area contributed by atoms with E-state index in [1.54, 1.807) is 6.20 Å². The molecule has 1 N–H and O–H groups in total. The van der Waals surface area contributed by atoms with E-state index in [4.69, 9.17) is 0 Å². The van der Waals surface area contributed by atoms with Crippen molar-refractivity contribution in [2.75, 3.05) is 6.54 Å². The van der Waals surface area contributed by atoms with Crippen molar-refractivity contribution in [2.24, 2.45) is 0 Å². The highest BCUT2D eigenvalue weighted by Crippen LogP contribution is 2.31. The molecule has 2 heterocycles. The van der Waals surface area contributed by atoms with Gasteiger partial charge in [-0.2, -0.15) is 5.10 Å². The maximum Gasteiger partial charge on any atom is 0.0775 e. The van der Waals surface area contributed by atoms with Crippen molar-refractivity contribution in [3.63, 3.8) is 0 Å². The summed E-state index contributed by atoms with van der Waals surface area (Å²) in [5.41, 5.74) is 2.24. The van der Waals surface area contributed by atoms with Gasteiger partial charge in [-0.1, -0.05) is 6.92 Å². The Balaban J connectivity index is 2.51. The highest BCUT2D eigenvalue weighted by atomic mass is 79.9. The van der Waals surface area contributed by atoms with E-state index < -0.39 is 0 Å². The fourth-order valence-corrected chi connectivity index (χ4v) is 3.08. The first-order chi connectivity index (χ1) is 9.54. The third-order valence-electron chi connectivity index (χ3n) is 3.02. The number of pyridine rings is 1. The summed E-state index contributed by atoms with van der Waals surface area (Å²) in [7, 11) is 0. The maximum atomic E-state index is 4.46. The van der Waals surface area contributed by atoms with E-state index in [0.717, 1.165) is 26.7 Å². The van der Waals surface area contributed by atoms with Crippen LogP contribution in [0.4, 0.5) is 0 Å². The van der Waals surface area contributed by atoms with E-state index in [2.05, 4.69) is 74.1 Å². The van der Waals surface area contributed by atoms with Gasteiger partial charge < -0.3 is 5.32 Å². The number of hydrogen-bond donors (Lipinski definition) is 1. The summed E-state index contributed by atoms with van der Waals surface area (Å²) < 4.78 is 4.03. The summed E-state index contributed by atoms with van der Waals surface area (Å²) in [6.07, 6.45) is 5.54. The third kappa shape index (κ3) is 3.30. The van der Waals surface area contributed by atoms with Crippen LogP contribution >= 0.6 is 31.9 Å². The normalized spacial score (nSPS) is 12.9. The summed E-state index contributed by atoms with van der Waals surface area (Å²) in [5.74, 6) is 0. The van der Waals surface area contributed by atoms with Crippen LogP contribution in [0.1, 0.15) is 44.1 Å². The number of nitrogens with one attached hydrogen (secondary N) is 1. The lowest BCUT2D eigenvalue weighted by atomic mass is 10.1. The summed E-state index contributed by atoms with van der Waals surface area (Å²) >= 11 is 7.10. The summed E-state index contributed by atoms with van der Waals surface area (Å²) in [4.78, 5) is 4.27. The van der Waals surface area contributed by atoms with Crippen LogP contribution in [0.2, 0.25) is 0 Å². The minimum atomic E-state index is 0.0595. The predicted molar refractivity (Wildman–Crippen MR) is 87.8 cm³/mol. The second-order valence-electron chi connectivity index (χ2n) is 4.84. The molecule has 2 rings (SSSR count). The lowest BCUT2D eigenvalue weighted by Gasteiger charge is -2.22. The van der Waals surface area contributed by atoms with Gasteiger partial charge in [-0.3, -0.25) is 9.67 Å². The average Bonchev–Trinajstić information content (AvgIpc) is 2.78. The van der Waals surface area contributed by atoms with Gasteiger partial charge in [-0.15, -0.1) is 0 Å². The Kier molecular flexibility index (Phi) is 5.35. The molecule has 0 aliphatic rings. The topological polar surface area (TPSA) is 42.7 Å². The molecule has 2 aromatic heterocycles. The Morgan fingerprint density at radius 3 is 2.60 bits per heavy atom. The molecule has 2 aromatic rings. The van der Waals surface area contributed by atoms with E-state index in [1.807, 2.05) is 17.1 Å². The number of halogens is 2. The first-order valence-electron chi connectivity index (χ1n) is 6.61. The summed E-state index contributed by atoms with van der Waals surface area (Å²) in [6, 6.07) is 2.45. The minimum Gasteiger partial charge on any atom is -0.305 e. The lowest BCUT2D eigenvalue weighted by Crippen LogP contribution is -2.26. The van der Waals surface area contributed by atoms with Gasteiger partial charge in [0.1, 0.15) is 0 Å². The van der Waals surface area contributed by atoms with E-state index in [-0.39, 0.29) is 6.04 Å². The lowest BCUT2D eigenvalue weighted by molar-refractivity contribution is 0.475. The number of nitrogens with zero attached hydrogens (tertiary/aromatic N) is 3. The van der Waals surface area contributed by atoms with Gasteiger partial charge in [0.25, 0.3) is 0 Å². The van der Waals surface area contributed by atoms with Crippen molar-refractivity contribution in [3.8, 4) is 0 Å². The van der Waals surface area contributed by atoms with Crippen LogP contribution in [-0.2, 0) is 0 Å². The van der Waals surface area contributed by atoms with Gasteiger partial charge in [0.2, 0.25) is 0 Å². The molecule has 0 saturated heterocycles. The van der Waals surface area contributed by atoms with Crippen molar-refractivity contribution < 1.29 is 0 Å². The Bertz CT molecular complexity index is 580. The Hall–Kier alpha value is -0.720. The molecule has 0 aromatic carbocycles. The molecule has 0 fully saturated rings. The van der Waals surface area contributed by atoms with Crippen molar-refractivity contribution in [1.82, 2.24) is 20.1 Å². The van der Waals surface area contributed by atoms with Crippen LogP contribution in [0.3, 0.4) is 0 Å². The first kappa shape index (κ1) is 15.7. The van der Waals surface area contributed by atoms with Crippen molar-refractivity contribution in [2.45, 2.75) is 32.9 Å². The van der Waals surface area contributed by atoms with E-state index in [0.29, 0.717) is 6.04 Å². The predicted octanol–water partition coefficient (Wildman–Crippen LogP) is 4.08. The SMILES string of the molecule is CCNC(c1cncc(Br)c1)c1c(Br)cnn1C(C)C. The second kappa shape index (κ2) is 6.83. The highest BCUT2D eigenvalue weighted by molar-refractivity contribution is 9.10. The molecule has 0 radical (unpaired) electrons. The summed E-state index contributed by atoms with van der Waals surface area (Å²) in [6.45, 7) is 7.23. The maximum absolute atomic E-state index is 4.46. The standard InChI is InChI=1S/C14H18Br2N4/c1-4-18-13(10-5-11(15)7-17-6-10)14-12(16)8-19-20(14)9(2)3/h5-9,13,18H,4H2,1-3H3. The van der Waals surface area contributed by atoms with Crippen molar-refractivity contribution in [3.05, 3.63) is 44.9 Å². The molecule has 0 bridgehead atoms. The molecule has 6 heteroatoms. The van der Waals surface area contributed by atoms with Crippen molar-refractivity contribution in [1.29, 1.82) is 0 Å². The molecule has 108 valence electrons. The Labute approximate surface area is 136 Å². The van der Waals surface area contributed by atoms with E-state index in [1.165, 1.54) is 0 Å². The molecule has 4 nitrogen and oxygen atoms in total. The smallest absolute Gasteiger partial charge is 0.0775 e. The van der Waals surface area contributed by atoms with Crippen LogP contribution in [0.5, 0.6) is 0 Å². The Morgan fingerprint density at radius 1 is 1.25 bits per heavy atom. The van der Waals surface area contributed by atoms with Gasteiger partial charge in [-0.25, -0.2) is 0 Å². The van der Waals surface area contributed by atoms with Crippen LogP contribution in [0.25, 0.3) is 0 Å².